The summed E-state index contributed by atoms with van der Waals surface area (Å²) in [5.41, 5.74) is 16.1. The molecule has 0 aromatic heterocycles. The van der Waals surface area contributed by atoms with Gasteiger partial charge in [-0.1, -0.05) is 153 Å². The summed E-state index contributed by atoms with van der Waals surface area (Å²) in [5.74, 6) is 0. The average molecular weight is 640 g/mol. The molecule has 0 aliphatic heterocycles. The Kier molecular flexibility index (Phi) is 7.21. The Bertz CT molecular complexity index is 2480. The Labute approximate surface area is 294 Å². The third-order valence-electron chi connectivity index (χ3n) is 10.4. The number of fused-ring (bicyclic) bond motifs is 4. The second kappa shape index (κ2) is 12.1. The van der Waals surface area contributed by atoms with Crippen LogP contribution in [-0.4, -0.2) is 0 Å². The van der Waals surface area contributed by atoms with Crippen LogP contribution in [0.2, 0.25) is 0 Å². The summed E-state index contributed by atoms with van der Waals surface area (Å²) in [5, 5.41) is 2.49. The summed E-state index contributed by atoms with van der Waals surface area (Å²) >= 11 is 0. The minimum atomic E-state index is -0.137. The first-order chi connectivity index (χ1) is 24.6. The van der Waals surface area contributed by atoms with Crippen molar-refractivity contribution in [2.75, 3.05) is 4.90 Å². The molecular formula is C49H37N. The summed E-state index contributed by atoms with van der Waals surface area (Å²) in [6, 6.07) is 68.5. The van der Waals surface area contributed by atoms with E-state index in [4.69, 9.17) is 0 Å². The van der Waals surface area contributed by atoms with Crippen molar-refractivity contribution in [1.82, 2.24) is 0 Å². The average Bonchev–Trinajstić information content (AvgIpc) is 3.41. The molecule has 0 saturated carbocycles. The fourth-order valence-corrected chi connectivity index (χ4v) is 7.92. The van der Waals surface area contributed by atoms with Gasteiger partial charge >= 0.3 is 0 Å². The summed E-state index contributed by atoms with van der Waals surface area (Å²) in [4.78, 5) is 2.39. The largest absolute Gasteiger partial charge is 0.310 e. The summed E-state index contributed by atoms with van der Waals surface area (Å²) in [7, 11) is 0. The van der Waals surface area contributed by atoms with Crippen LogP contribution >= 0.6 is 0 Å². The lowest BCUT2D eigenvalue weighted by Crippen LogP contribution is -2.16. The lowest BCUT2D eigenvalue weighted by atomic mass is 9.81. The third-order valence-corrected chi connectivity index (χ3v) is 10.4. The second-order valence-electron chi connectivity index (χ2n) is 13.8. The molecule has 50 heavy (non-hydrogen) atoms. The van der Waals surface area contributed by atoms with Gasteiger partial charge in [0.2, 0.25) is 0 Å². The van der Waals surface area contributed by atoms with Crippen molar-refractivity contribution in [3.05, 3.63) is 199 Å². The van der Waals surface area contributed by atoms with Crippen LogP contribution in [0, 0.1) is 0 Å². The van der Waals surface area contributed by atoms with Crippen molar-refractivity contribution in [2.24, 2.45) is 0 Å². The minimum absolute atomic E-state index is 0.137. The van der Waals surface area contributed by atoms with E-state index < -0.39 is 0 Å². The van der Waals surface area contributed by atoms with Crippen LogP contribution in [0.4, 0.5) is 17.1 Å². The van der Waals surface area contributed by atoms with E-state index >= 15 is 0 Å². The highest BCUT2D eigenvalue weighted by Gasteiger charge is 2.37. The zero-order valence-corrected chi connectivity index (χ0v) is 28.3. The molecule has 0 saturated heterocycles. The summed E-state index contributed by atoms with van der Waals surface area (Å²) in [6.45, 7) is 4.73. The lowest BCUT2D eigenvalue weighted by molar-refractivity contribution is 0.660. The molecule has 1 aliphatic carbocycles. The molecule has 0 heterocycles. The Morgan fingerprint density at radius 3 is 1.46 bits per heavy atom. The first kappa shape index (κ1) is 29.9. The Morgan fingerprint density at radius 2 is 0.840 bits per heavy atom. The number of para-hydroxylation sites is 1. The maximum Gasteiger partial charge on any atom is 0.0465 e. The summed E-state index contributed by atoms with van der Waals surface area (Å²) in [6.07, 6.45) is 0. The Balaban J connectivity index is 1.16. The van der Waals surface area contributed by atoms with Crippen molar-refractivity contribution in [3.63, 3.8) is 0 Å². The molecule has 0 atom stereocenters. The van der Waals surface area contributed by atoms with Crippen LogP contribution in [-0.2, 0) is 5.41 Å². The van der Waals surface area contributed by atoms with Gasteiger partial charge in [0.05, 0.1) is 0 Å². The van der Waals surface area contributed by atoms with E-state index in [1.807, 2.05) is 0 Å². The molecule has 1 heteroatoms. The number of hydrogen-bond donors (Lipinski definition) is 0. The van der Waals surface area contributed by atoms with Crippen molar-refractivity contribution in [1.29, 1.82) is 0 Å². The van der Waals surface area contributed by atoms with Gasteiger partial charge in [-0.25, -0.2) is 0 Å². The predicted octanol–water partition coefficient (Wildman–Crippen LogP) is 13.6. The summed E-state index contributed by atoms with van der Waals surface area (Å²) < 4.78 is 0. The maximum atomic E-state index is 2.42. The number of benzene rings is 8. The molecule has 1 aliphatic rings. The van der Waals surface area contributed by atoms with Gasteiger partial charge in [-0.2, -0.15) is 0 Å². The zero-order chi connectivity index (χ0) is 33.7. The van der Waals surface area contributed by atoms with Gasteiger partial charge in [0.1, 0.15) is 0 Å². The first-order valence-corrected chi connectivity index (χ1v) is 17.4. The van der Waals surface area contributed by atoms with Gasteiger partial charge in [0.15, 0.2) is 0 Å². The quantitative estimate of drug-likeness (QED) is 0.175. The van der Waals surface area contributed by atoms with Gasteiger partial charge < -0.3 is 4.90 Å². The second-order valence-corrected chi connectivity index (χ2v) is 13.8. The number of rotatable bonds is 6. The van der Waals surface area contributed by atoms with Crippen molar-refractivity contribution in [2.45, 2.75) is 19.3 Å². The smallest absolute Gasteiger partial charge is 0.0465 e. The molecule has 0 amide bonds. The molecule has 9 rings (SSSR count). The van der Waals surface area contributed by atoms with Gasteiger partial charge in [-0.3, -0.25) is 0 Å². The predicted molar refractivity (Wildman–Crippen MR) is 213 cm³/mol. The molecule has 0 unspecified atom stereocenters. The van der Waals surface area contributed by atoms with E-state index in [9.17, 15) is 0 Å². The number of nitrogens with zero attached hydrogens (tertiary/aromatic N) is 1. The Hall–Kier alpha value is -6.18. The monoisotopic (exact) mass is 639 g/mol. The van der Waals surface area contributed by atoms with Crippen molar-refractivity contribution < 1.29 is 0 Å². The minimum Gasteiger partial charge on any atom is -0.310 e. The highest BCUT2D eigenvalue weighted by atomic mass is 15.1. The molecule has 238 valence electrons. The van der Waals surface area contributed by atoms with E-state index in [0.717, 1.165) is 17.1 Å². The van der Waals surface area contributed by atoms with Crippen LogP contribution in [0.1, 0.15) is 25.0 Å². The lowest BCUT2D eigenvalue weighted by Gasteiger charge is -2.28. The van der Waals surface area contributed by atoms with Crippen molar-refractivity contribution >= 4 is 27.8 Å². The highest BCUT2D eigenvalue weighted by molar-refractivity contribution is 5.97. The van der Waals surface area contributed by atoms with Crippen LogP contribution < -0.4 is 4.90 Å². The number of anilines is 3. The fourth-order valence-electron chi connectivity index (χ4n) is 7.92. The van der Waals surface area contributed by atoms with E-state index in [0.29, 0.717) is 0 Å². The van der Waals surface area contributed by atoms with Crippen LogP contribution in [0.3, 0.4) is 0 Å². The molecular weight excluding hydrogens is 603 g/mol. The zero-order valence-electron chi connectivity index (χ0n) is 28.3. The van der Waals surface area contributed by atoms with Crippen LogP contribution in [0.5, 0.6) is 0 Å². The molecule has 8 aromatic carbocycles. The molecule has 8 aromatic rings. The fraction of sp³-hybridized carbons (Fsp3) is 0.0612. The Morgan fingerprint density at radius 1 is 0.340 bits per heavy atom. The third kappa shape index (κ3) is 5.02. The number of hydrogen-bond acceptors (Lipinski definition) is 1. The molecule has 0 fully saturated rings. The van der Waals surface area contributed by atoms with E-state index in [1.54, 1.807) is 0 Å². The topological polar surface area (TPSA) is 3.24 Å². The SMILES string of the molecule is CC1(C)c2cc(N(c3ccccc3)c3ccc(-c4cc5ccccc5cc4-c4ccccc4)cc3)ccc2-c2c(-c3ccccc3)cccc21. The molecule has 1 nitrogen and oxygen atoms in total. The van der Waals surface area contributed by atoms with E-state index in [1.165, 1.54) is 66.4 Å². The van der Waals surface area contributed by atoms with Crippen LogP contribution in [0.15, 0.2) is 188 Å². The van der Waals surface area contributed by atoms with Crippen molar-refractivity contribution in [3.8, 4) is 44.5 Å². The van der Waals surface area contributed by atoms with E-state index in [2.05, 4.69) is 207 Å². The van der Waals surface area contributed by atoms with Gasteiger partial charge in [0, 0.05) is 22.5 Å². The van der Waals surface area contributed by atoms with E-state index in [-0.39, 0.29) is 5.41 Å². The first-order valence-electron chi connectivity index (χ1n) is 17.4. The molecule has 0 radical (unpaired) electrons. The van der Waals surface area contributed by atoms with Crippen LogP contribution in [0.25, 0.3) is 55.3 Å². The van der Waals surface area contributed by atoms with Gasteiger partial charge in [0.25, 0.3) is 0 Å². The normalized spacial score (nSPS) is 12.8. The standard InChI is InChI=1S/C49H37N/c1-49(2)46-24-14-23-42(34-15-6-3-7-16-34)48(46)43-30-29-41(33-47(43)49)50(39-21-10-5-11-22-39)40-27-25-36(26-28-40)45-32-38-20-13-12-19-37(38)31-44(45)35-17-8-4-9-18-35/h3-33H,1-2H3. The maximum absolute atomic E-state index is 2.42. The molecule has 0 bridgehead atoms. The van der Waals surface area contributed by atoms with Gasteiger partial charge in [-0.15, -0.1) is 0 Å². The molecule has 0 spiro atoms. The molecule has 0 N–H and O–H groups in total. The highest BCUT2D eigenvalue weighted by Crippen LogP contribution is 2.53. The van der Waals surface area contributed by atoms with Gasteiger partial charge in [-0.05, 0) is 115 Å².